The zero-order chi connectivity index (χ0) is 9.14. The molecule has 0 atom stereocenters. The van der Waals surface area contributed by atoms with Crippen molar-refractivity contribution in [1.82, 2.24) is 0 Å². The minimum Gasteiger partial charge on any atom is -0.288 e. The first-order valence-electron chi connectivity index (χ1n) is 3.16. The van der Waals surface area contributed by atoms with Gasteiger partial charge >= 0.3 is 0 Å². The number of carbonyl (C=O) groups is 1. The van der Waals surface area contributed by atoms with E-state index in [0.717, 1.165) is 5.56 Å². The monoisotopic (exact) mass is 240 g/mol. The van der Waals surface area contributed by atoms with Gasteiger partial charge in [0.15, 0.2) is 5.12 Å². The maximum atomic E-state index is 10.6. The maximum Gasteiger partial charge on any atom is 0.186 e. The van der Waals surface area contributed by atoms with Gasteiger partial charge in [0, 0.05) is 12.7 Å². The van der Waals surface area contributed by atoms with E-state index in [2.05, 4.69) is 0 Å². The van der Waals surface area contributed by atoms with E-state index in [1.165, 1.54) is 30.0 Å². The van der Waals surface area contributed by atoms with Gasteiger partial charge in [-0.25, -0.2) is 0 Å². The van der Waals surface area contributed by atoms with Gasteiger partial charge in [0.2, 0.25) is 0 Å². The summed E-state index contributed by atoms with van der Waals surface area (Å²) in [5.41, 5.74) is 0.937. The molecule has 1 aromatic rings. The second-order valence-corrected chi connectivity index (χ2v) is 5.57. The number of hydrogen-bond donors (Lipinski definition) is 0. The Balaban J connectivity index is 2.62. The van der Waals surface area contributed by atoms with Gasteiger partial charge in [0.1, 0.15) is 0 Å². The van der Waals surface area contributed by atoms with Crippen molar-refractivity contribution in [1.29, 1.82) is 0 Å². The molecule has 0 saturated carbocycles. The number of hydrogen-bond acceptors (Lipinski definition) is 3. The maximum absolute atomic E-state index is 10.6. The van der Waals surface area contributed by atoms with E-state index in [0.29, 0.717) is 14.4 Å². The smallest absolute Gasteiger partial charge is 0.186 e. The van der Waals surface area contributed by atoms with E-state index < -0.39 is 0 Å². The van der Waals surface area contributed by atoms with E-state index in [1.54, 1.807) is 6.07 Å². The fourth-order valence-electron chi connectivity index (χ4n) is 0.652. The van der Waals surface area contributed by atoms with Gasteiger partial charge in [-0.15, -0.1) is 11.3 Å². The molecule has 5 heteroatoms. The first kappa shape index (κ1) is 10.4. The van der Waals surface area contributed by atoms with Crippen molar-refractivity contribution in [2.24, 2.45) is 0 Å². The summed E-state index contributed by atoms with van der Waals surface area (Å²) in [5, 5.41) is 0.0911. The number of halogens is 2. The third kappa shape index (κ3) is 2.98. The molecular weight excluding hydrogens is 235 g/mol. The molecule has 0 saturated heterocycles. The Morgan fingerprint density at radius 2 is 2.33 bits per heavy atom. The molecule has 66 valence electrons. The highest BCUT2D eigenvalue weighted by Crippen LogP contribution is 2.33. The molecule has 0 N–H and O–H groups in total. The van der Waals surface area contributed by atoms with Crippen LogP contribution in [0.25, 0.3) is 0 Å². The number of thioether (sulfide) groups is 1. The minimum absolute atomic E-state index is 0.0911. The number of rotatable bonds is 2. The summed E-state index contributed by atoms with van der Waals surface area (Å²) in [6.07, 6.45) is 0. The van der Waals surface area contributed by atoms with Gasteiger partial charge in [0.05, 0.1) is 8.67 Å². The summed E-state index contributed by atoms with van der Waals surface area (Å²) in [6.45, 7) is 1.53. The topological polar surface area (TPSA) is 17.1 Å². The lowest BCUT2D eigenvalue weighted by Crippen LogP contribution is -1.83. The second-order valence-electron chi connectivity index (χ2n) is 2.13. The molecule has 0 spiro atoms. The highest BCUT2D eigenvalue weighted by molar-refractivity contribution is 8.12. The molecular formula is C7H6Cl2OS2. The van der Waals surface area contributed by atoms with Gasteiger partial charge in [-0.05, 0) is 11.6 Å². The Hall–Kier alpha value is 0.300. The second kappa shape index (κ2) is 4.51. The highest BCUT2D eigenvalue weighted by Gasteiger charge is 2.06. The summed E-state index contributed by atoms with van der Waals surface area (Å²) in [5.74, 6) is 0.609. The average molecular weight is 241 g/mol. The summed E-state index contributed by atoms with van der Waals surface area (Å²) >= 11 is 14.1. The van der Waals surface area contributed by atoms with Crippen LogP contribution in [0.1, 0.15) is 12.5 Å². The van der Waals surface area contributed by atoms with Crippen molar-refractivity contribution in [2.75, 3.05) is 0 Å². The fourth-order valence-corrected chi connectivity index (χ4v) is 2.90. The molecule has 1 aromatic heterocycles. The molecule has 0 aliphatic carbocycles. The molecule has 1 heterocycles. The predicted molar refractivity (Wildman–Crippen MR) is 56.3 cm³/mol. The molecule has 0 fully saturated rings. The van der Waals surface area contributed by atoms with Crippen LogP contribution in [0.4, 0.5) is 0 Å². The van der Waals surface area contributed by atoms with Gasteiger partial charge < -0.3 is 0 Å². The van der Waals surface area contributed by atoms with Crippen molar-refractivity contribution < 1.29 is 4.79 Å². The highest BCUT2D eigenvalue weighted by atomic mass is 35.5. The van der Waals surface area contributed by atoms with E-state index in [4.69, 9.17) is 23.2 Å². The zero-order valence-electron chi connectivity index (χ0n) is 6.27. The summed E-state index contributed by atoms with van der Waals surface area (Å²) < 4.78 is 1.34. The minimum atomic E-state index is 0.0911. The fraction of sp³-hybridized carbons (Fsp3) is 0.286. The Bertz CT molecular complexity index is 296. The molecule has 0 aliphatic rings. The molecule has 0 radical (unpaired) electrons. The SMILES string of the molecule is CC(=O)SCc1cc(Cl)sc1Cl. The van der Waals surface area contributed by atoms with Crippen molar-refractivity contribution in [3.05, 3.63) is 20.3 Å². The standard InChI is InChI=1S/C7H6Cl2OS2/c1-4(10)11-3-5-2-6(8)12-7(5)9/h2H,3H2,1H3. The zero-order valence-corrected chi connectivity index (χ0v) is 9.41. The number of thiophene rings is 1. The Labute approximate surface area is 89.1 Å². The quantitative estimate of drug-likeness (QED) is 0.782. The molecule has 0 aromatic carbocycles. The molecule has 0 amide bonds. The summed E-state index contributed by atoms with van der Waals surface area (Å²) in [6, 6.07) is 1.80. The first-order valence-corrected chi connectivity index (χ1v) is 5.72. The lowest BCUT2D eigenvalue weighted by Gasteiger charge is -1.93. The normalized spacial score (nSPS) is 10.2. The number of carbonyl (C=O) groups excluding carboxylic acids is 1. The van der Waals surface area contributed by atoms with E-state index in [9.17, 15) is 4.79 Å². The van der Waals surface area contributed by atoms with Crippen molar-refractivity contribution in [3.63, 3.8) is 0 Å². The van der Waals surface area contributed by atoms with Crippen LogP contribution < -0.4 is 0 Å². The van der Waals surface area contributed by atoms with Crippen LogP contribution in [0.2, 0.25) is 8.67 Å². The predicted octanol–water partition coefficient (Wildman–Crippen LogP) is 3.83. The van der Waals surface area contributed by atoms with E-state index >= 15 is 0 Å². The summed E-state index contributed by atoms with van der Waals surface area (Å²) in [7, 11) is 0. The Morgan fingerprint density at radius 1 is 1.67 bits per heavy atom. The van der Waals surface area contributed by atoms with Gasteiger partial charge in [0.25, 0.3) is 0 Å². The third-order valence-electron chi connectivity index (χ3n) is 1.16. The molecule has 12 heavy (non-hydrogen) atoms. The Morgan fingerprint density at radius 3 is 2.75 bits per heavy atom. The van der Waals surface area contributed by atoms with Gasteiger partial charge in [-0.1, -0.05) is 35.0 Å². The first-order chi connectivity index (χ1) is 5.59. The molecule has 0 aliphatic heterocycles. The van der Waals surface area contributed by atoms with Crippen LogP contribution >= 0.6 is 46.3 Å². The Kier molecular flexibility index (Phi) is 3.90. The lowest BCUT2D eigenvalue weighted by molar-refractivity contribution is -0.109. The largest absolute Gasteiger partial charge is 0.288 e. The van der Waals surface area contributed by atoms with E-state index in [-0.39, 0.29) is 5.12 Å². The van der Waals surface area contributed by atoms with Crippen LogP contribution in [0.15, 0.2) is 6.07 Å². The van der Waals surface area contributed by atoms with Crippen LogP contribution in [0.3, 0.4) is 0 Å². The van der Waals surface area contributed by atoms with Crippen LogP contribution in [-0.2, 0) is 10.5 Å². The van der Waals surface area contributed by atoms with Crippen LogP contribution in [0.5, 0.6) is 0 Å². The van der Waals surface area contributed by atoms with Crippen LogP contribution in [0, 0.1) is 0 Å². The van der Waals surface area contributed by atoms with Gasteiger partial charge in [-0.2, -0.15) is 0 Å². The van der Waals surface area contributed by atoms with Crippen molar-refractivity contribution in [3.8, 4) is 0 Å². The summed E-state index contributed by atoms with van der Waals surface area (Å²) in [4.78, 5) is 10.6. The molecule has 1 rings (SSSR count). The van der Waals surface area contributed by atoms with Crippen LogP contribution in [-0.4, -0.2) is 5.12 Å². The van der Waals surface area contributed by atoms with Gasteiger partial charge in [-0.3, -0.25) is 4.79 Å². The lowest BCUT2D eigenvalue weighted by atomic mass is 10.4. The molecule has 0 bridgehead atoms. The van der Waals surface area contributed by atoms with Crippen molar-refractivity contribution in [2.45, 2.75) is 12.7 Å². The molecule has 1 nitrogen and oxygen atoms in total. The molecule has 0 unspecified atom stereocenters. The van der Waals surface area contributed by atoms with E-state index in [1.807, 2.05) is 0 Å². The third-order valence-corrected chi connectivity index (χ3v) is 3.59. The van der Waals surface area contributed by atoms with Crippen molar-refractivity contribution >= 4 is 51.4 Å². The average Bonchev–Trinajstić information content (AvgIpc) is 2.26.